The molecule has 2 nitrogen and oxygen atoms in total. The highest BCUT2D eigenvalue weighted by Crippen LogP contribution is 2.16. The summed E-state index contributed by atoms with van der Waals surface area (Å²) in [7, 11) is 2.15. The van der Waals surface area contributed by atoms with Crippen LogP contribution in [0.4, 0.5) is 10.1 Å². The normalized spacial score (nSPS) is 12.0. The van der Waals surface area contributed by atoms with Gasteiger partial charge in [-0.05, 0) is 30.2 Å². The maximum Gasteiger partial charge on any atom is 0.200 e. The zero-order valence-electron chi connectivity index (χ0n) is 18.2. The molecule has 0 aliphatic rings. The van der Waals surface area contributed by atoms with Crippen molar-refractivity contribution < 1.29 is 4.39 Å². The second kappa shape index (κ2) is 16.6. The summed E-state index contributed by atoms with van der Waals surface area (Å²) >= 11 is 0. The van der Waals surface area contributed by atoms with Crippen molar-refractivity contribution in [2.45, 2.75) is 71.1 Å². The Morgan fingerprint density at radius 3 is 2.07 bits per heavy atom. The van der Waals surface area contributed by atoms with Gasteiger partial charge < -0.3 is 4.90 Å². The van der Waals surface area contributed by atoms with Crippen molar-refractivity contribution in [1.29, 1.82) is 5.26 Å². The van der Waals surface area contributed by atoms with Gasteiger partial charge in [0, 0.05) is 19.3 Å². The van der Waals surface area contributed by atoms with Crippen LogP contribution in [0.5, 0.6) is 0 Å². The first-order valence-corrected chi connectivity index (χ1v) is 11.1. The Labute approximate surface area is 177 Å². The first kappa shape index (κ1) is 24.7. The number of unbranched alkanes of at least 4 members (excludes halogenated alkanes) is 9. The summed E-state index contributed by atoms with van der Waals surface area (Å²) in [5.74, 6) is -0.788. The molecule has 1 aromatic carbocycles. The Balaban J connectivity index is 2.20. The van der Waals surface area contributed by atoms with E-state index in [1.807, 2.05) is 12.2 Å². The van der Waals surface area contributed by atoms with Gasteiger partial charge in [-0.25, -0.2) is 0 Å². The van der Waals surface area contributed by atoms with E-state index < -0.39 is 5.83 Å². The van der Waals surface area contributed by atoms with Gasteiger partial charge in [-0.1, -0.05) is 101 Å². The fourth-order valence-corrected chi connectivity index (χ4v) is 3.21. The lowest BCUT2D eigenvalue weighted by Gasteiger charge is -2.19. The molecule has 158 valence electrons. The average molecular weight is 397 g/mol. The quantitative estimate of drug-likeness (QED) is 0.171. The zero-order valence-corrected chi connectivity index (χ0v) is 18.2. The van der Waals surface area contributed by atoms with E-state index in [1.165, 1.54) is 82.0 Å². The predicted octanol–water partition coefficient (Wildman–Crippen LogP) is 7.99. The fraction of sp³-hybridized carbons (Fsp3) is 0.500. The molecule has 0 spiro atoms. The van der Waals surface area contributed by atoms with Gasteiger partial charge in [0.2, 0.25) is 0 Å². The minimum Gasteiger partial charge on any atom is -0.375 e. The molecule has 0 amide bonds. The van der Waals surface area contributed by atoms with Gasteiger partial charge in [-0.15, -0.1) is 0 Å². The molecule has 3 heteroatoms. The van der Waals surface area contributed by atoms with Crippen molar-refractivity contribution in [2.75, 3.05) is 18.5 Å². The summed E-state index contributed by atoms with van der Waals surface area (Å²) in [5, 5.41) is 8.33. The molecule has 0 fully saturated rings. The molecule has 0 aliphatic heterocycles. The van der Waals surface area contributed by atoms with Crippen LogP contribution >= 0.6 is 0 Å². The third kappa shape index (κ3) is 12.7. The SMILES string of the molecule is CCCCCCCCCCCCN(C)c1ccc(C=CC=CC=C(F)C#N)cc1. The van der Waals surface area contributed by atoms with Crippen LogP contribution in [0.1, 0.15) is 76.7 Å². The molecule has 0 saturated carbocycles. The zero-order chi connectivity index (χ0) is 21.2. The van der Waals surface area contributed by atoms with Crippen molar-refractivity contribution in [2.24, 2.45) is 0 Å². The highest BCUT2D eigenvalue weighted by Gasteiger charge is 2.00. The van der Waals surface area contributed by atoms with E-state index in [0.29, 0.717) is 0 Å². The van der Waals surface area contributed by atoms with Gasteiger partial charge in [0.05, 0.1) is 0 Å². The Bertz CT molecular complexity index is 665. The van der Waals surface area contributed by atoms with E-state index in [0.717, 1.165) is 18.2 Å². The van der Waals surface area contributed by atoms with Crippen molar-refractivity contribution in [3.8, 4) is 6.07 Å². The average Bonchev–Trinajstić information content (AvgIpc) is 2.74. The second-order valence-corrected chi connectivity index (χ2v) is 7.57. The highest BCUT2D eigenvalue weighted by atomic mass is 19.1. The van der Waals surface area contributed by atoms with Crippen LogP contribution in [0.2, 0.25) is 0 Å². The monoisotopic (exact) mass is 396 g/mol. The van der Waals surface area contributed by atoms with Gasteiger partial charge >= 0.3 is 0 Å². The van der Waals surface area contributed by atoms with Crippen molar-refractivity contribution in [3.63, 3.8) is 0 Å². The lowest BCUT2D eigenvalue weighted by molar-refractivity contribution is 0.556. The lowest BCUT2D eigenvalue weighted by Crippen LogP contribution is -2.18. The number of hydrogen-bond acceptors (Lipinski definition) is 2. The van der Waals surface area contributed by atoms with E-state index in [9.17, 15) is 4.39 Å². The number of allylic oxidation sites excluding steroid dienone is 5. The molecule has 0 N–H and O–H groups in total. The number of hydrogen-bond donors (Lipinski definition) is 0. The summed E-state index contributed by atoms with van der Waals surface area (Å²) in [4.78, 5) is 2.31. The van der Waals surface area contributed by atoms with Crippen LogP contribution in [-0.4, -0.2) is 13.6 Å². The maximum atomic E-state index is 12.6. The van der Waals surface area contributed by atoms with Gasteiger partial charge in [0.25, 0.3) is 0 Å². The van der Waals surface area contributed by atoms with Crippen molar-refractivity contribution in [1.82, 2.24) is 0 Å². The Kier molecular flexibility index (Phi) is 14.1. The standard InChI is InChI=1S/C26H37FN2/c1-3-4-5-6-7-8-9-10-11-15-22-29(2)26-20-18-24(19-21-26)16-13-12-14-17-25(27)23-28/h12-14,16-21H,3-11,15,22H2,1-2H3. The predicted molar refractivity (Wildman–Crippen MR) is 125 cm³/mol. The van der Waals surface area contributed by atoms with Gasteiger partial charge in [0.15, 0.2) is 5.83 Å². The number of benzene rings is 1. The molecule has 0 heterocycles. The van der Waals surface area contributed by atoms with E-state index in [4.69, 9.17) is 5.26 Å². The molecular weight excluding hydrogens is 359 g/mol. The molecule has 29 heavy (non-hydrogen) atoms. The molecule has 0 radical (unpaired) electrons. The summed E-state index contributed by atoms with van der Waals surface area (Å²) in [6, 6.07) is 9.88. The maximum absolute atomic E-state index is 12.6. The van der Waals surface area contributed by atoms with Crippen molar-refractivity contribution >= 4 is 11.8 Å². The van der Waals surface area contributed by atoms with Crippen LogP contribution in [0.15, 0.2) is 54.4 Å². The highest BCUT2D eigenvalue weighted by molar-refractivity contribution is 5.56. The molecular formula is C26H37FN2. The summed E-state index contributed by atoms with van der Waals surface area (Å²) in [6.45, 7) is 3.36. The topological polar surface area (TPSA) is 27.0 Å². The van der Waals surface area contributed by atoms with Crippen molar-refractivity contribution in [3.05, 3.63) is 60.0 Å². The van der Waals surface area contributed by atoms with E-state index in [2.05, 4.69) is 43.1 Å². The fourth-order valence-electron chi connectivity index (χ4n) is 3.21. The second-order valence-electron chi connectivity index (χ2n) is 7.57. The molecule has 1 aromatic rings. The Hall–Kier alpha value is -2.34. The minimum absolute atomic E-state index is 0.788. The van der Waals surface area contributed by atoms with Gasteiger partial charge in [-0.2, -0.15) is 9.65 Å². The molecule has 0 bridgehead atoms. The third-order valence-corrected chi connectivity index (χ3v) is 5.04. The van der Waals surface area contributed by atoms with Gasteiger partial charge in [0.1, 0.15) is 6.07 Å². The largest absolute Gasteiger partial charge is 0.375 e. The number of nitrogens with zero attached hydrogens (tertiary/aromatic N) is 2. The van der Waals surface area contributed by atoms with Crippen LogP contribution in [-0.2, 0) is 0 Å². The third-order valence-electron chi connectivity index (χ3n) is 5.04. The van der Waals surface area contributed by atoms with Crippen LogP contribution in [0.25, 0.3) is 6.08 Å². The summed E-state index contributed by atoms with van der Waals surface area (Å²) in [5.41, 5.74) is 2.32. The first-order valence-electron chi connectivity index (χ1n) is 11.1. The van der Waals surface area contributed by atoms with Crippen LogP contribution < -0.4 is 4.90 Å². The number of halogens is 1. The molecule has 0 atom stereocenters. The smallest absolute Gasteiger partial charge is 0.200 e. The lowest BCUT2D eigenvalue weighted by atomic mass is 10.1. The van der Waals surface area contributed by atoms with E-state index >= 15 is 0 Å². The summed E-state index contributed by atoms with van der Waals surface area (Å²) < 4.78 is 12.6. The molecule has 0 aliphatic carbocycles. The number of anilines is 1. The minimum atomic E-state index is -0.788. The van der Waals surface area contributed by atoms with Crippen LogP contribution in [0, 0.1) is 11.3 Å². The molecule has 0 unspecified atom stereocenters. The van der Waals surface area contributed by atoms with E-state index in [-0.39, 0.29) is 0 Å². The molecule has 1 rings (SSSR count). The van der Waals surface area contributed by atoms with Crippen LogP contribution in [0.3, 0.4) is 0 Å². The first-order chi connectivity index (χ1) is 14.2. The Morgan fingerprint density at radius 1 is 0.897 bits per heavy atom. The van der Waals surface area contributed by atoms with E-state index in [1.54, 1.807) is 6.08 Å². The number of nitriles is 1. The summed E-state index contributed by atoms with van der Waals surface area (Å²) in [6.07, 6.45) is 21.8. The number of rotatable bonds is 15. The van der Waals surface area contributed by atoms with Gasteiger partial charge in [-0.3, -0.25) is 0 Å². The molecule has 0 saturated heterocycles. The Morgan fingerprint density at radius 2 is 1.48 bits per heavy atom. The molecule has 0 aromatic heterocycles.